The molecule has 2 N–H and O–H groups in total. The van der Waals surface area contributed by atoms with E-state index in [2.05, 4.69) is 52.0 Å². The van der Waals surface area contributed by atoms with Gasteiger partial charge in [0.25, 0.3) is 0 Å². The molecule has 152 valence electrons. The number of nitrogens with zero attached hydrogens (tertiary/aromatic N) is 2. The molecule has 0 unspecified atom stereocenters. The van der Waals surface area contributed by atoms with Crippen LogP contribution in [0.3, 0.4) is 0 Å². The van der Waals surface area contributed by atoms with E-state index >= 15 is 0 Å². The Labute approximate surface area is 174 Å². The molecule has 1 aliphatic rings. The average molecular weight is 421 g/mol. The first-order valence-electron chi connectivity index (χ1n) is 9.89. The van der Waals surface area contributed by atoms with Crippen LogP contribution in [0.5, 0.6) is 0 Å². The highest BCUT2D eigenvalue weighted by molar-refractivity contribution is 8.02. The molecule has 1 aromatic carbocycles. The van der Waals surface area contributed by atoms with Crippen LogP contribution in [-0.4, -0.2) is 40.6 Å². The van der Waals surface area contributed by atoms with E-state index in [-0.39, 0.29) is 17.3 Å². The Morgan fingerprint density at radius 3 is 2.89 bits per heavy atom. The van der Waals surface area contributed by atoms with Crippen molar-refractivity contribution >= 4 is 39.8 Å². The van der Waals surface area contributed by atoms with Crippen LogP contribution in [0.2, 0.25) is 0 Å². The maximum atomic E-state index is 12.3. The molecule has 1 aliphatic heterocycles. The zero-order valence-electron chi connectivity index (χ0n) is 16.4. The van der Waals surface area contributed by atoms with Gasteiger partial charge in [0, 0.05) is 18.8 Å². The van der Waals surface area contributed by atoms with Crippen molar-refractivity contribution in [2.45, 2.75) is 61.6 Å². The number of hydrogen-bond acceptors (Lipinski definition) is 7. The number of carbonyl (C=O) groups is 1. The standard InChI is InChI=1S/C20H28N4O2S2/c1-3-4-6-15-8-10-16(11-9-15)22-19-23-24-20(28-19)27-14(2)18(25)21-13-17-7-5-12-26-17/h8-11,14,17H,3-7,12-13H2,1-2H3,(H,21,25)(H,22,23)/t14-,17-/m0/s1. The predicted molar refractivity (Wildman–Crippen MR) is 116 cm³/mol. The molecule has 1 aromatic heterocycles. The lowest BCUT2D eigenvalue weighted by atomic mass is 10.1. The van der Waals surface area contributed by atoms with E-state index in [4.69, 9.17) is 4.74 Å². The van der Waals surface area contributed by atoms with Gasteiger partial charge in [-0.1, -0.05) is 48.6 Å². The molecular formula is C20H28N4O2S2. The zero-order chi connectivity index (χ0) is 19.8. The molecule has 0 bridgehead atoms. The summed E-state index contributed by atoms with van der Waals surface area (Å²) in [6.07, 6.45) is 5.79. The van der Waals surface area contributed by atoms with Crippen LogP contribution in [0.1, 0.15) is 45.1 Å². The van der Waals surface area contributed by atoms with Crippen LogP contribution >= 0.6 is 23.1 Å². The molecule has 2 heterocycles. The van der Waals surface area contributed by atoms with Crippen molar-refractivity contribution in [2.24, 2.45) is 0 Å². The third-order valence-corrected chi connectivity index (χ3v) is 6.63. The van der Waals surface area contributed by atoms with Crippen LogP contribution in [0.25, 0.3) is 0 Å². The highest BCUT2D eigenvalue weighted by Gasteiger charge is 2.20. The number of ether oxygens (including phenoxy) is 1. The first kappa shape index (κ1) is 21.1. The third kappa shape index (κ3) is 6.46. The Hall–Kier alpha value is -1.64. The molecule has 0 aliphatic carbocycles. The summed E-state index contributed by atoms with van der Waals surface area (Å²) in [6, 6.07) is 8.44. The number of amides is 1. The first-order valence-corrected chi connectivity index (χ1v) is 11.6. The number of hydrogen-bond donors (Lipinski definition) is 2. The molecule has 2 aromatic rings. The SMILES string of the molecule is CCCCc1ccc(Nc2nnc(S[C@@H](C)C(=O)NC[C@@H]3CCCO3)s2)cc1. The summed E-state index contributed by atoms with van der Waals surface area (Å²) in [4.78, 5) is 12.3. The van der Waals surface area contributed by atoms with Gasteiger partial charge in [0.2, 0.25) is 11.0 Å². The smallest absolute Gasteiger partial charge is 0.233 e. The minimum atomic E-state index is -0.222. The van der Waals surface area contributed by atoms with E-state index in [1.807, 2.05) is 6.92 Å². The van der Waals surface area contributed by atoms with Crippen molar-refractivity contribution in [3.63, 3.8) is 0 Å². The van der Waals surface area contributed by atoms with Crippen molar-refractivity contribution in [3.8, 4) is 0 Å². The second-order valence-corrected chi connectivity index (χ2v) is 9.50. The molecule has 1 saturated heterocycles. The number of aromatic nitrogens is 2. The fourth-order valence-electron chi connectivity index (χ4n) is 2.94. The van der Waals surface area contributed by atoms with Gasteiger partial charge >= 0.3 is 0 Å². The second kappa shape index (κ2) is 10.8. The van der Waals surface area contributed by atoms with Gasteiger partial charge < -0.3 is 15.4 Å². The summed E-state index contributed by atoms with van der Waals surface area (Å²) in [6.45, 7) is 5.47. The van der Waals surface area contributed by atoms with Crippen LogP contribution in [-0.2, 0) is 16.0 Å². The van der Waals surface area contributed by atoms with Gasteiger partial charge in [-0.25, -0.2) is 0 Å². The molecule has 28 heavy (non-hydrogen) atoms. The Morgan fingerprint density at radius 1 is 1.36 bits per heavy atom. The summed E-state index contributed by atoms with van der Waals surface area (Å²) in [5, 5.41) is 15.1. The van der Waals surface area contributed by atoms with Gasteiger partial charge in [-0.05, 0) is 50.3 Å². The van der Waals surface area contributed by atoms with Gasteiger partial charge in [0.05, 0.1) is 11.4 Å². The number of rotatable bonds is 10. The number of aryl methyl sites for hydroxylation is 1. The summed E-state index contributed by atoms with van der Waals surface area (Å²) in [5.74, 6) is 0.00729. The normalized spacial score (nSPS) is 17.4. The van der Waals surface area contributed by atoms with Crippen molar-refractivity contribution in [1.82, 2.24) is 15.5 Å². The highest BCUT2D eigenvalue weighted by Crippen LogP contribution is 2.30. The van der Waals surface area contributed by atoms with Crippen LogP contribution < -0.4 is 10.6 Å². The molecule has 6 nitrogen and oxygen atoms in total. The van der Waals surface area contributed by atoms with E-state index < -0.39 is 0 Å². The average Bonchev–Trinajstić information content (AvgIpc) is 3.37. The Kier molecular flexibility index (Phi) is 8.12. The molecule has 3 rings (SSSR count). The van der Waals surface area contributed by atoms with Crippen molar-refractivity contribution in [1.29, 1.82) is 0 Å². The van der Waals surface area contributed by atoms with Crippen molar-refractivity contribution < 1.29 is 9.53 Å². The van der Waals surface area contributed by atoms with E-state index in [1.165, 1.54) is 41.5 Å². The van der Waals surface area contributed by atoms with Gasteiger partial charge in [-0.3, -0.25) is 4.79 Å². The second-order valence-electron chi connectivity index (χ2n) is 6.94. The number of thioether (sulfide) groups is 1. The van der Waals surface area contributed by atoms with Gasteiger partial charge in [0.15, 0.2) is 4.34 Å². The van der Waals surface area contributed by atoms with Crippen LogP contribution in [0.4, 0.5) is 10.8 Å². The molecule has 0 radical (unpaired) electrons. The molecule has 8 heteroatoms. The van der Waals surface area contributed by atoms with E-state index in [0.29, 0.717) is 6.54 Å². The summed E-state index contributed by atoms with van der Waals surface area (Å²) >= 11 is 2.89. The minimum Gasteiger partial charge on any atom is -0.376 e. The number of anilines is 2. The van der Waals surface area contributed by atoms with Gasteiger partial charge in [-0.15, -0.1) is 10.2 Å². The fraction of sp³-hybridized carbons (Fsp3) is 0.550. The Morgan fingerprint density at radius 2 is 2.18 bits per heavy atom. The lowest BCUT2D eigenvalue weighted by molar-refractivity contribution is -0.120. The summed E-state index contributed by atoms with van der Waals surface area (Å²) in [7, 11) is 0. The highest BCUT2D eigenvalue weighted by atomic mass is 32.2. The van der Waals surface area contributed by atoms with Crippen LogP contribution in [0, 0.1) is 0 Å². The number of benzene rings is 1. The van der Waals surface area contributed by atoms with E-state index in [1.54, 1.807) is 0 Å². The molecule has 2 atom stereocenters. The Balaban J connectivity index is 1.45. The Bertz CT molecular complexity index is 745. The molecular weight excluding hydrogens is 392 g/mol. The maximum absolute atomic E-state index is 12.3. The predicted octanol–water partition coefficient (Wildman–Crippen LogP) is 4.40. The quantitative estimate of drug-likeness (QED) is 0.555. The van der Waals surface area contributed by atoms with Crippen molar-refractivity contribution in [3.05, 3.63) is 29.8 Å². The molecule has 1 amide bonds. The van der Waals surface area contributed by atoms with Gasteiger partial charge in [-0.2, -0.15) is 0 Å². The number of unbranched alkanes of at least 4 members (excludes halogenated alkanes) is 1. The van der Waals surface area contributed by atoms with Crippen molar-refractivity contribution in [2.75, 3.05) is 18.5 Å². The molecule has 1 fully saturated rings. The largest absolute Gasteiger partial charge is 0.376 e. The fourth-order valence-corrected chi connectivity index (χ4v) is 4.88. The first-order chi connectivity index (χ1) is 13.6. The molecule has 0 saturated carbocycles. The zero-order valence-corrected chi connectivity index (χ0v) is 18.1. The van der Waals surface area contributed by atoms with Crippen LogP contribution in [0.15, 0.2) is 28.6 Å². The minimum absolute atomic E-state index is 0.00729. The third-order valence-electron chi connectivity index (χ3n) is 4.61. The van der Waals surface area contributed by atoms with Gasteiger partial charge in [0.1, 0.15) is 0 Å². The monoisotopic (exact) mass is 420 g/mol. The number of carbonyl (C=O) groups excluding carboxylic acids is 1. The lowest BCUT2D eigenvalue weighted by Crippen LogP contribution is -2.36. The topological polar surface area (TPSA) is 76.1 Å². The van der Waals surface area contributed by atoms with E-state index in [0.717, 1.165) is 41.0 Å². The summed E-state index contributed by atoms with van der Waals surface area (Å²) < 4.78 is 6.32. The lowest BCUT2D eigenvalue weighted by Gasteiger charge is -2.13. The maximum Gasteiger partial charge on any atom is 0.233 e. The number of nitrogens with one attached hydrogen (secondary N) is 2. The summed E-state index contributed by atoms with van der Waals surface area (Å²) in [5.41, 5.74) is 2.35. The molecule has 0 spiro atoms. The van der Waals surface area contributed by atoms with E-state index in [9.17, 15) is 4.79 Å².